The van der Waals surface area contributed by atoms with E-state index in [0.717, 1.165) is 0 Å². The van der Waals surface area contributed by atoms with Gasteiger partial charge in [0, 0.05) is 5.75 Å². The molecule has 1 unspecified atom stereocenters. The van der Waals surface area contributed by atoms with E-state index < -0.39 is 12.0 Å². The van der Waals surface area contributed by atoms with Gasteiger partial charge in [0.1, 0.15) is 11.9 Å². The lowest BCUT2D eigenvalue weighted by Crippen LogP contribution is -2.32. The monoisotopic (exact) mass is 296 g/mol. The van der Waals surface area contributed by atoms with Gasteiger partial charge in [-0.15, -0.1) is 0 Å². The Balaban J connectivity index is 2.40. The van der Waals surface area contributed by atoms with Crippen LogP contribution in [0, 0.1) is 17.1 Å². The number of benzene rings is 1. The summed E-state index contributed by atoms with van der Waals surface area (Å²) in [5.41, 5.74) is 6.78. The van der Waals surface area contributed by atoms with E-state index in [1.165, 1.54) is 30.0 Å². The van der Waals surface area contributed by atoms with E-state index in [0.29, 0.717) is 35.7 Å². The molecule has 1 aromatic rings. The molecule has 108 valence electrons. The molecule has 0 bridgehead atoms. The molecule has 20 heavy (non-hydrogen) atoms. The highest BCUT2D eigenvalue weighted by Gasteiger charge is 2.14. The highest BCUT2D eigenvalue weighted by atomic mass is 32.2. The number of ether oxygens (including phenoxy) is 1. The molecule has 1 rings (SSSR count). The molecule has 0 amide bonds. The average molecular weight is 296 g/mol. The maximum Gasteiger partial charge on any atom is 0.322 e. The summed E-state index contributed by atoms with van der Waals surface area (Å²) in [4.78, 5) is 11.3. The van der Waals surface area contributed by atoms with Gasteiger partial charge in [-0.3, -0.25) is 4.79 Å². The predicted molar refractivity (Wildman–Crippen MR) is 76.5 cm³/mol. The van der Waals surface area contributed by atoms with Gasteiger partial charge >= 0.3 is 5.97 Å². The molecule has 1 atom stereocenters. The molecule has 0 spiro atoms. The van der Waals surface area contributed by atoms with Crippen molar-refractivity contribution >= 4 is 17.7 Å². The molecule has 0 saturated carbocycles. The summed E-state index contributed by atoms with van der Waals surface area (Å²) < 4.78 is 17.9. The molecule has 2 N–H and O–H groups in total. The van der Waals surface area contributed by atoms with E-state index in [1.54, 1.807) is 6.92 Å². The Bertz CT molecular complexity index is 502. The zero-order chi connectivity index (χ0) is 15.0. The van der Waals surface area contributed by atoms with Gasteiger partial charge in [0.05, 0.1) is 18.2 Å². The second-order valence-electron chi connectivity index (χ2n) is 4.11. The van der Waals surface area contributed by atoms with Crippen LogP contribution < -0.4 is 5.73 Å². The van der Waals surface area contributed by atoms with Gasteiger partial charge in [-0.2, -0.15) is 17.0 Å². The number of hydrogen-bond acceptors (Lipinski definition) is 5. The number of thioether (sulfide) groups is 1. The fraction of sp³-hybridized carbons (Fsp3) is 0.429. The summed E-state index contributed by atoms with van der Waals surface area (Å²) in [5, 5.41) is 8.92. The Labute approximate surface area is 122 Å². The van der Waals surface area contributed by atoms with Crippen molar-refractivity contribution in [1.82, 2.24) is 0 Å². The van der Waals surface area contributed by atoms with Crippen molar-refractivity contribution < 1.29 is 13.9 Å². The Morgan fingerprint density at radius 2 is 2.35 bits per heavy atom. The van der Waals surface area contributed by atoms with Crippen molar-refractivity contribution in [3.63, 3.8) is 0 Å². The zero-order valence-electron chi connectivity index (χ0n) is 11.3. The first kappa shape index (κ1) is 16.5. The number of carbonyl (C=O) groups excluding carboxylic acids is 1. The number of nitrogens with two attached hydrogens (primary N) is 1. The van der Waals surface area contributed by atoms with Gasteiger partial charge in [0.15, 0.2) is 0 Å². The normalized spacial score (nSPS) is 11.7. The first-order valence-corrected chi connectivity index (χ1v) is 7.42. The third-order valence-corrected chi connectivity index (χ3v) is 3.65. The molecular weight excluding hydrogens is 279 g/mol. The van der Waals surface area contributed by atoms with Gasteiger partial charge in [-0.25, -0.2) is 4.39 Å². The summed E-state index contributed by atoms with van der Waals surface area (Å²) in [6.07, 6.45) is 0.487. The minimum atomic E-state index is -0.634. The molecule has 4 nitrogen and oxygen atoms in total. The number of rotatable bonds is 7. The quantitative estimate of drug-likeness (QED) is 0.616. The van der Waals surface area contributed by atoms with Crippen LogP contribution in [0.5, 0.6) is 0 Å². The summed E-state index contributed by atoms with van der Waals surface area (Å²) in [6, 6.07) is 5.49. The van der Waals surface area contributed by atoms with Crippen LogP contribution >= 0.6 is 11.8 Å². The second-order valence-corrected chi connectivity index (χ2v) is 5.22. The molecule has 0 saturated heterocycles. The Morgan fingerprint density at radius 1 is 1.60 bits per heavy atom. The number of esters is 1. The summed E-state index contributed by atoms with van der Waals surface area (Å²) in [6.45, 7) is 2.04. The molecule has 0 aromatic heterocycles. The molecule has 6 heteroatoms. The van der Waals surface area contributed by atoms with Crippen molar-refractivity contribution in [2.24, 2.45) is 5.73 Å². The van der Waals surface area contributed by atoms with E-state index >= 15 is 0 Å². The van der Waals surface area contributed by atoms with Crippen LogP contribution in [0.25, 0.3) is 0 Å². The molecule has 0 aliphatic rings. The number of halogens is 1. The average Bonchev–Trinajstić information content (AvgIpc) is 2.43. The van der Waals surface area contributed by atoms with Gasteiger partial charge in [-0.1, -0.05) is 0 Å². The number of carbonyl (C=O) groups is 1. The lowest BCUT2D eigenvalue weighted by Gasteiger charge is -2.10. The zero-order valence-corrected chi connectivity index (χ0v) is 12.1. The number of nitriles is 1. The molecule has 0 heterocycles. The van der Waals surface area contributed by atoms with Crippen LogP contribution in [0.1, 0.15) is 24.5 Å². The summed E-state index contributed by atoms with van der Waals surface area (Å²) in [7, 11) is 0. The van der Waals surface area contributed by atoms with Gasteiger partial charge in [0.25, 0.3) is 0 Å². The smallest absolute Gasteiger partial charge is 0.322 e. The van der Waals surface area contributed by atoms with E-state index in [4.69, 9.17) is 15.7 Å². The Hall–Kier alpha value is -1.58. The molecule has 0 radical (unpaired) electrons. The number of nitrogens with zero attached hydrogens (tertiary/aromatic N) is 1. The predicted octanol–water partition coefficient (Wildman–Crippen LogP) is 2.21. The Kier molecular flexibility index (Phi) is 7.05. The number of hydrogen-bond donors (Lipinski definition) is 1. The first-order valence-electron chi connectivity index (χ1n) is 6.27. The largest absolute Gasteiger partial charge is 0.465 e. The topological polar surface area (TPSA) is 76.1 Å². The molecular formula is C14H17FN2O2S. The van der Waals surface area contributed by atoms with Gasteiger partial charge in [-0.05, 0) is 42.9 Å². The van der Waals surface area contributed by atoms with Crippen LogP contribution in [-0.4, -0.2) is 24.4 Å². The first-order chi connectivity index (χ1) is 9.58. The van der Waals surface area contributed by atoms with Crippen LogP contribution in [-0.2, 0) is 15.3 Å². The lowest BCUT2D eigenvalue weighted by atomic mass is 10.1. The van der Waals surface area contributed by atoms with Crippen molar-refractivity contribution in [2.45, 2.75) is 25.1 Å². The van der Waals surface area contributed by atoms with E-state index in [-0.39, 0.29) is 5.82 Å². The second kappa shape index (κ2) is 8.56. The van der Waals surface area contributed by atoms with E-state index in [2.05, 4.69) is 0 Å². The Morgan fingerprint density at radius 3 is 3.00 bits per heavy atom. The highest BCUT2D eigenvalue weighted by molar-refractivity contribution is 7.98. The van der Waals surface area contributed by atoms with Crippen molar-refractivity contribution in [1.29, 1.82) is 5.26 Å². The fourth-order valence-corrected chi connectivity index (χ4v) is 2.57. The third kappa shape index (κ3) is 5.19. The van der Waals surface area contributed by atoms with Crippen LogP contribution in [0.3, 0.4) is 0 Å². The standard InChI is InChI=1S/C14H17FN2O2S/c1-2-19-14(18)13(17)5-6-20-9-11-7-12(15)4-3-10(11)8-16/h3-4,7,13H,2,5-6,9,17H2,1H3. The minimum Gasteiger partial charge on any atom is -0.465 e. The highest BCUT2D eigenvalue weighted by Crippen LogP contribution is 2.18. The minimum absolute atomic E-state index is 0.314. The SMILES string of the molecule is CCOC(=O)C(N)CCSCc1cc(F)ccc1C#N. The van der Waals surface area contributed by atoms with Crippen molar-refractivity contribution in [3.8, 4) is 6.07 Å². The van der Waals surface area contributed by atoms with Crippen LogP contribution in [0.4, 0.5) is 4.39 Å². The third-order valence-electron chi connectivity index (χ3n) is 2.61. The summed E-state index contributed by atoms with van der Waals surface area (Å²) >= 11 is 1.50. The van der Waals surface area contributed by atoms with E-state index in [9.17, 15) is 9.18 Å². The van der Waals surface area contributed by atoms with Gasteiger partial charge < -0.3 is 10.5 Å². The molecule has 1 aromatic carbocycles. The van der Waals surface area contributed by atoms with Crippen LogP contribution in [0.15, 0.2) is 18.2 Å². The maximum atomic E-state index is 13.1. The van der Waals surface area contributed by atoms with Crippen molar-refractivity contribution in [3.05, 3.63) is 35.1 Å². The molecule has 0 aliphatic heterocycles. The maximum absolute atomic E-state index is 13.1. The summed E-state index contributed by atoms with van der Waals surface area (Å²) in [5.74, 6) is 0.386. The van der Waals surface area contributed by atoms with Gasteiger partial charge in [0.2, 0.25) is 0 Å². The van der Waals surface area contributed by atoms with E-state index in [1.807, 2.05) is 6.07 Å². The van der Waals surface area contributed by atoms with Crippen LogP contribution in [0.2, 0.25) is 0 Å². The fourth-order valence-electron chi connectivity index (χ4n) is 1.55. The lowest BCUT2D eigenvalue weighted by molar-refractivity contribution is -0.144. The van der Waals surface area contributed by atoms with Crippen molar-refractivity contribution in [2.75, 3.05) is 12.4 Å². The molecule has 0 fully saturated rings. The molecule has 0 aliphatic carbocycles.